The zero-order chi connectivity index (χ0) is 22.1. The van der Waals surface area contributed by atoms with Gasteiger partial charge in [0.1, 0.15) is 5.75 Å². The topological polar surface area (TPSA) is 35.5 Å². The molecule has 0 amide bonds. The summed E-state index contributed by atoms with van der Waals surface area (Å²) >= 11 is 0. The number of carbonyl (C=O) groups is 1. The summed E-state index contributed by atoms with van der Waals surface area (Å²) in [6, 6.07) is 16.3. The van der Waals surface area contributed by atoms with Gasteiger partial charge >= 0.3 is 5.97 Å². The van der Waals surface area contributed by atoms with E-state index in [1.54, 1.807) is 0 Å². The van der Waals surface area contributed by atoms with Crippen molar-refractivity contribution < 1.29 is 14.3 Å². The lowest BCUT2D eigenvalue weighted by molar-refractivity contribution is -0.143. The Balaban J connectivity index is 2.24. The van der Waals surface area contributed by atoms with E-state index in [0.717, 1.165) is 32.7 Å². The van der Waals surface area contributed by atoms with Crippen LogP contribution in [0.4, 0.5) is 0 Å². The molecule has 0 aliphatic rings. The molecule has 3 heteroatoms. The van der Waals surface area contributed by atoms with E-state index in [2.05, 4.69) is 38.6 Å². The van der Waals surface area contributed by atoms with Crippen molar-refractivity contribution in [2.24, 2.45) is 5.41 Å². The highest BCUT2D eigenvalue weighted by molar-refractivity contribution is 6.08. The summed E-state index contributed by atoms with van der Waals surface area (Å²) in [5, 5.41) is 3.91. The van der Waals surface area contributed by atoms with Gasteiger partial charge in [-0.2, -0.15) is 0 Å². The molecule has 0 spiro atoms. The molecule has 3 nitrogen and oxygen atoms in total. The molecule has 3 aromatic rings. The van der Waals surface area contributed by atoms with Gasteiger partial charge in [0.2, 0.25) is 0 Å². The molecule has 0 N–H and O–H groups in total. The number of esters is 1. The largest absolute Gasteiger partial charge is 0.425 e. The third-order valence-corrected chi connectivity index (χ3v) is 5.50. The highest BCUT2D eigenvalue weighted by Crippen LogP contribution is 2.41. The number of allylic oxidation sites excluding steroid dienone is 1. The van der Waals surface area contributed by atoms with Crippen molar-refractivity contribution in [2.45, 2.75) is 53.6 Å². The molecule has 0 aromatic heterocycles. The second kappa shape index (κ2) is 8.23. The van der Waals surface area contributed by atoms with Crippen molar-refractivity contribution in [3.8, 4) is 5.75 Å². The molecule has 0 saturated heterocycles. The maximum atomic E-state index is 13.2. The minimum absolute atomic E-state index is 0.252. The first-order valence-corrected chi connectivity index (χ1v) is 10.5. The summed E-state index contributed by atoms with van der Waals surface area (Å²) in [5.74, 6) is 0.356. The first-order valence-electron chi connectivity index (χ1n) is 10.5. The van der Waals surface area contributed by atoms with Gasteiger partial charge in [-0.15, -0.1) is 6.58 Å². The predicted molar refractivity (Wildman–Crippen MR) is 125 cm³/mol. The molecule has 3 rings (SSSR count). The van der Waals surface area contributed by atoms with E-state index in [9.17, 15) is 4.79 Å². The summed E-state index contributed by atoms with van der Waals surface area (Å²) < 4.78 is 12.2. The van der Waals surface area contributed by atoms with Crippen molar-refractivity contribution in [1.82, 2.24) is 0 Å². The first-order chi connectivity index (χ1) is 14.1. The van der Waals surface area contributed by atoms with Gasteiger partial charge in [0.15, 0.2) is 0 Å². The Kier molecular flexibility index (Phi) is 6.05. The fraction of sp³-hybridized carbons (Fsp3) is 0.370. The zero-order valence-corrected chi connectivity index (χ0v) is 19.0. The second-order valence-electron chi connectivity index (χ2n) is 9.18. The lowest BCUT2D eigenvalue weighted by Gasteiger charge is -2.28. The van der Waals surface area contributed by atoms with Crippen molar-refractivity contribution in [3.05, 3.63) is 66.2 Å². The van der Waals surface area contributed by atoms with Gasteiger partial charge in [0.25, 0.3) is 0 Å². The lowest BCUT2D eigenvalue weighted by Crippen LogP contribution is -2.29. The number of carbonyl (C=O) groups excluding carboxylic acids is 1. The number of ether oxygens (including phenoxy) is 2. The third-order valence-electron chi connectivity index (χ3n) is 5.50. The van der Waals surface area contributed by atoms with E-state index in [-0.39, 0.29) is 5.97 Å². The van der Waals surface area contributed by atoms with E-state index < -0.39 is 11.0 Å². The molecular weight excluding hydrogens is 372 g/mol. The molecule has 0 unspecified atom stereocenters. The third kappa shape index (κ3) is 4.27. The summed E-state index contributed by atoms with van der Waals surface area (Å²) in [5.41, 5.74) is 0.917. The Bertz CT molecular complexity index is 1110. The molecule has 0 atom stereocenters. The van der Waals surface area contributed by atoms with Gasteiger partial charge < -0.3 is 9.47 Å². The second-order valence-corrected chi connectivity index (χ2v) is 9.18. The minimum atomic E-state index is -0.655. The van der Waals surface area contributed by atoms with Crippen LogP contribution in [0.25, 0.3) is 21.5 Å². The van der Waals surface area contributed by atoms with Crippen LogP contribution in [-0.4, -0.2) is 12.6 Å². The van der Waals surface area contributed by atoms with Crippen molar-refractivity contribution in [3.63, 3.8) is 0 Å². The van der Waals surface area contributed by atoms with Crippen molar-refractivity contribution >= 4 is 27.5 Å². The van der Waals surface area contributed by atoms with Gasteiger partial charge in [-0.05, 0) is 70.4 Å². The SMILES string of the molecule is C=C(C)CC(C)(C)C(=O)Oc1c2ccccc2cc2c(C(C)(C)OCC)cccc12. The molecule has 0 bridgehead atoms. The van der Waals surface area contributed by atoms with Crippen LogP contribution < -0.4 is 4.74 Å². The number of fused-ring (bicyclic) bond motifs is 2. The first kappa shape index (κ1) is 22.0. The zero-order valence-electron chi connectivity index (χ0n) is 19.0. The number of hydrogen-bond acceptors (Lipinski definition) is 3. The lowest BCUT2D eigenvalue weighted by atomic mass is 9.86. The Morgan fingerprint density at radius 3 is 2.30 bits per heavy atom. The molecule has 0 fully saturated rings. The molecule has 30 heavy (non-hydrogen) atoms. The van der Waals surface area contributed by atoms with Crippen molar-refractivity contribution in [1.29, 1.82) is 0 Å². The Morgan fingerprint density at radius 1 is 0.967 bits per heavy atom. The van der Waals surface area contributed by atoms with Gasteiger partial charge in [0, 0.05) is 17.4 Å². The molecule has 3 aromatic carbocycles. The predicted octanol–water partition coefficient (Wildman–Crippen LogP) is 7.16. The minimum Gasteiger partial charge on any atom is -0.425 e. The van der Waals surface area contributed by atoms with E-state index in [1.807, 2.05) is 58.0 Å². The van der Waals surface area contributed by atoms with Crippen molar-refractivity contribution in [2.75, 3.05) is 6.61 Å². The van der Waals surface area contributed by atoms with Crippen LogP contribution in [-0.2, 0) is 15.1 Å². The van der Waals surface area contributed by atoms with Crippen LogP contribution in [0.1, 0.15) is 53.5 Å². The quantitative estimate of drug-likeness (QED) is 0.181. The molecule has 0 aliphatic carbocycles. The normalized spacial score (nSPS) is 12.3. The van der Waals surface area contributed by atoms with Gasteiger partial charge in [-0.3, -0.25) is 4.79 Å². The Hall–Kier alpha value is -2.65. The smallest absolute Gasteiger partial charge is 0.317 e. The summed E-state index contributed by atoms with van der Waals surface area (Å²) in [6.45, 7) is 16.5. The highest BCUT2D eigenvalue weighted by Gasteiger charge is 2.31. The summed E-state index contributed by atoms with van der Waals surface area (Å²) in [7, 11) is 0. The van der Waals surface area contributed by atoms with E-state index in [4.69, 9.17) is 9.47 Å². The monoisotopic (exact) mass is 404 g/mol. The maximum absolute atomic E-state index is 13.2. The fourth-order valence-corrected chi connectivity index (χ4v) is 4.18. The molecule has 158 valence electrons. The molecule has 0 heterocycles. The number of hydrogen-bond donors (Lipinski definition) is 0. The number of rotatable bonds is 7. The van der Waals surface area contributed by atoms with Crippen LogP contribution in [0.2, 0.25) is 0 Å². The Morgan fingerprint density at radius 2 is 1.63 bits per heavy atom. The number of benzene rings is 3. The van der Waals surface area contributed by atoms with E-state index >= 15 is 0 Å². The molecule has 0 aliphatic heterocycles. The molecule has 0 saturated carbocycles. The average molecular weight is 405 g/mol. The summed E-state index contributed by atoms with van der Waals surface area (Å²) in [4.78, 5) is 13.2. The van der Waals surface area contributed by atoms with Crippen LogP contribution in [0, 0.1) is 5.41 Å². The van der Waals surface area contributed by atoms with Crippen LogP contribution >= 0.6 is 0 Å². The van der Waals surface area contributed by atoms with Crippen LogP contribution in [0.3, 0.4) is 0 Å². The molecule has 0 radical (unpaired) electrons. The van der Waals surface area contributed by atoms with Crippen LogP contribution in [0.15, 0.2) is 60.7 Å². The maximum Gasteiger partial charge on any atom is 0.317 e. The average Bonchev–Trinajstić information content (AvgIpc) is 2.66. The van der Waals surface area contributed by atoms with Crippen LogP contribution in [0.5, 0.6) is 5.75 Å². The van der Waals surface area contributed by atoms with E-state index in [1.165, 1.54) is 0 Å². The van der Waals surface area contributed by atoms with Gasteiger partial charge in [-0.25, -0.2) is 0 Å². The van der Waals surface area contributed by atoms with E-state index in [0.29, 0.717) is 18.8 Å². The standard InChI is InChI=1S/C27H32O3/c1-8-29-27(6,7)23-15-11-14-21-22(23)16-19-12-9-10-13-20(19)24(21)30-25(28)26(4,5)17-18(2)3/h9-16H,2,8,17H2,1,3-7H3. The summed E-state index contributed by atoms with van der Waals surface area (Å²) in [6.07, 6.45) is 0.581. The van der Waals surface area contributed by atoms with Gasteiger partial charge in [0.05, 0.1) is 11.0 Å². The molecular formula is C27H32O3. The highest BCUT2D eigenvalue weighted by atomic mass is 16.5. The Labute approximate surface area is 179 Å². The van der Waals surface area contributed by atoms with Gasteiger partial charge in [-0.1, -0.05) is 48.0 Å². The fourth-order valence-electron chi connectivity index (χ4n) is 4.18.